The van der Waals surface area contributed by atoms with E-state index < -0.39 is 0 Å². The fraction of sp³-hybridized carbons (Fsp3) is 0.636. The minimum Gasteiger partial charge on any atom is -0.493 e. The maximum Gasteiger partial charge on any atom is 0.222 e. The summed E-state index contributed by atoms with van der Waals surface area (Å²) >= 11 is 0. The fourth-order valence-corrected chi connectivity index (χ4v) is 3.34. The van der Waals surface area contributed by atoms with Crippen LogP contribution in [0.1, 0.15) is 51.7 Å². The number of nitrogens with zero attached hydrogens (tertiary/aromatic N) is 2. The second kappa shape index (κ2) is 12.2. The number of halogens is 1. The first-order valence-electron chi connectivity index (χ1n) is 10.4. The second-order valence-corrected chi connectivity index (χ2v) is 8.28. The molecule has 1 aliphatic rings. The molecular formula is C22H37IN4O3. The lowest BCUT2D eigenvalue weighted by molar-refractivity contribution is -0.132. The largest absolute Gasteiger partial charge is 0.493 e. The van der Waals surface area contributed by atoms with Gasteiger partial charge in [-0.15, -0.1) is 24.0 Å². The van der Waals surface area contributed by atoms with Crippen molar-refractivity contribution < 1.29 is 14.3 Å². The molecular weight excluding hydrogens is 495 g/mol. The Morgan fingerprint density at radius 2 is 1.80 bits per heavy atom. The van der Waals surface area contributed by atoms with Gasteiger partial charge in [-0.2, -0.15) is 0 Å². The van der Waals surface area contributed by atoms with E-state index in [1.54, 1.807) is 14.2 Å². The van der Waals surface area contributed by atoms with Crippen LogP contribution >= 0.6 is 24.0 Å². The maximum atomic E-state index is 12.7. The van der Waals surface area contributed by atoms with Gasteiger partial charge in [0.15, 0.2) is 17.5 Å². The highest BCUT2D eigenvalue weighted by Gasteiger charge is 2.22. The molecule has 170 valence electrons. The molecule has 0 fully saturated rings. The number of hydrogen-bond acceptors (Lipinski definition) is 4. The molecule has 1 heterocycles. The molecule has 0 saturated carbocycles. The number of guanidine groups is 1. The van der Waals surface area contributed by atoms with Crippen LogP contribution in [0.25, 0.3) is 0 Å². The van der Waals surface area contributed by atoms with E-state index >= 15 is 0 Å². The predicted octanol–water partition coefficient (Wildman–Crippen LogP) is 3.34. The lowest BCUT2D eigenvalue weighted by atomic mass is 9.98. The van der Waals surface area contributed by atoms with Crippen LogP contribution in [-0.4, -0.2) is 56.2 Å². The van der Waals surface area contributed by atoms with Gasteiger partial charge < -0.3 is 25.0 Å². The number of carbonyl (C=O) groups excluding carboxylic acids is 1. The monoisotopic (exact) mass is 532 g/mol. The smallest absolute Gasteiger partial charge is 0.222 e. The van der Waals surface area contributed by atoms with Crippen LogP contribution in [0, 0.1) is 0 Å². The molecule has 1 amide bonds. The molecule has 1 aromatic rings. The van der Waals surface area contributed by atoms with E-state index in [0.29, 0.717) is 25.3 Å². The van der Waals surface area contributed by atoms with Crippen LogP contribution in [0.4, 0.5) is 0 Å². The van der Waals surface area contributed by atoms with Gasteiger partial charge in [0.25, 0.3) is 0 Å². The molecule has 30 heavy (non-hydrogen) atoms. The molecule has 2 N–H and O–H groups in total. The summed E-state index contributed by atoms with van der Waals surface area (Å²) < 4.78 is 10.8. The van der Waals surface area contributed by atoms with E-state index in [9.17, 15) is 4.79 Å². The summed E-state index contributed by atoms with van der Waals surface area (Å²) in [5.74, 6) is 2.41. The summed E-state index contributed by atoms with van der Waals surface area (Å²) in [4.78, 5) is 19.2. The lowest BCUT2D eigenvalue weighted by Crippen LogP contribution is -2.47. The molecule has 2 rings (SSSR count). The van der Waals surface area contributed by atoms with Gasteiger partial charge in [0.1, 0.15) is 0 Å². The van der Waals surface area contributed by atoms with Gasteiger partial charge in [0.05, 0.1) is 14.2 Å². The Bertz CT molecular complexity index is 732. The van der Waals surface area contributed by atoms with Crippen molar-refractivity contribution in [3.05, 3.63) is 23.3 Å². The topological polar surface area (TPSA) is 75.2 Å². The molecule has 0 spiro atoms. The number of benzene rings is 1. The Hall–Kier alpha value is -1.71. The molecule has 7 nitrogen and oxygen atoms in total. The van der Waals surface area contributed by atoms with Crippen molar-refractivity contribution in [1.29, 1.82) is 0 Å². The molecule has 1 aliphatic heterocycles. The van der Waals surface area contributed by atoms with Crippen LogP contribution in [0.2, 0.25) is 0 Å². The molecule has 0 unspecified atom stereocenters. The third kappa shape index (κ3) is 7.85. The number of methoxy groups -OCH3 is 2. The number of ether oxygens (including phenoxy) is 2. The first kappa shape index (κ1) is 26.3. The zero-order valence-electron chi connectivity index (χ0n) is 19.1. The van der Waals surface area contributed by atoms with Crippen molar-refractivity contribution in [2.24, 2.45) is 4.99 Å². The van der Waals surface area contributed by atoms with Crippen LogP contribution in [-0.2, 0) is 17.8 Å². The molecule has 8 heteroatoms. The van der Waals surface area contributed by atoms with E-state index in [1.165, 1.54) is 5.56 Å². The van der Waals surface area contributed by atoms with Crippen molar-refractivity contribution in [2.75, 3.05) is 33.9 Å². The number of hydrogen-bond donors (Lipinski definition) is 2. The molecule has 0 radical (unpaired) electrons. The molecule has 0 aromatic heterocycles. The Morgan fingerprint density at radius 3 is 2.37 bits per heavy atom. The summed E-state index contributed by atoms with van der Waals surface area (Å²) in [5.41, 5.74) is 2.30. The highest BCUT2D eigenvalue weighted by molar-refractivity contribution is 14.0. The quantitative estimate of drug-likeness (QED) is 0.244. The third-order valence-electron chi connectivity index (χ3n) is 4.73. The van der Waals surface area contributed by atoms with Gasteiger partial charge >= 0.3 is 0 Å². The summed E-state index contributed by atoms with van der Waals surface area (Å²) in [6.45, 7) is 11.1. The van der Waals surface area contributed by atoms with E-state index in [4.69, 9.17) is 9.47 Å². The lowest BCUT2D eigenvalue weighted by Gasteiger charge is -2.29. The number of rotatable bonds is 7. The summed E-state index contributed by atoms with van der Waals surface area (Å²) in [7, 11) is 3.27. The molecule has 0 saturated heterocycles. The highest BCUT2D eigenvalue weighted by atomic mass is 127. The van der Waals surface area contributed by atoms with E-state index in [0.717, 1.165) is 43.2 Å². The minimum absolute atomic E-state index is 0. The van der Waals surface area contributed by atoms with Crippen molar-refractivity contribution in [3.63, 3.8) is 0 Å². The summed E-state index contributed by atoms with van der Waals surface area (Å²) in [6.07, 6.45) is 2.07. The van der Waals surface area contributed by atoms with Crippen molar-refractivity contribution in [2.45, 2.75) is 59.0 Å². The first-order chi connectivity index (χ1) is 13.8. The molecule has 0 bridgehead atoms. The maximum absolute atomic E-state index is 12.7. The first-order valence-corrected chi connectivity index (χ1v) is 10.4. The molecule has 0 aliphatic carbocycles. The van der Waals surface area contributed by atoms with Crippen LogP contribution < -0.4 is 20.1 Å². The summed E-state index contributed by atoms with van der Waals surface area (Å²) in [5, 5.41) is 6.60. The standard InChI is InChI=1S/C22H36N4O3.HI/c1-7-23-21(25-22(2,3)4)24-11-8-9-20(27)26-12-10-16-13-18(28-5)19(29-6)14-17(16)15-26;/h13-14H,7-12,15H2,1-6H3,(H2,23,24,25);1H. The SMILES string of the molecule is CCNC(=NCCCC(=O)N1CCc2cc(OC)c(OC)cc2C1)NC(C)(C)C.I. The number of aliphatic imine (C=N–C) groups is 1. The van der Waals surface area contributed by atoms with Gasteiger partial charge in [-0.3, -0.25) is 9.79 Å². The second-order valence-electron chi connectivity index (χ2n) is 8.28. The van der Waals surface area contributed by atoms with Crippen LogP contribution in [0.3, 0.4) is 0 Å². The Kier molecular flexibility index (Phi) is 10.7. The number of nitrogens with one attached hydrogen (secondary N) is 2. The van der Waals surface area contributed by atoms with E-state index in [2.05, 4.69) is 36.4 Å². The van der Waals surface area contributed by atoms with Gasteiger partial charge in [-0.05, 0) is 63.8 Å². The fourth-order valence-electron chi connectivity index (χ4n) is 3.34. The summed E-state index contributed by atoms with van der Waals surface area (Å²) in [6, 6.07) is 4.01. The zero-order valence-corrected chi connectivity index (χ0v) is 21.5. The molecule has 0 atom stereocenters. The third-order valence-corrected chi connectivity index (χ3v) is 4.73. The average molecular weight is 532 g/mol. The average Bonchev–Trinajstić information content (AvgIpc) is 2.68. The Morgan fingerprint density at radius 1 is 1.17 bits per heavy atom. The zero-order chi connectivity index (χ0) is 21.4. The minimum atomic E-state index is -0.0538. The van der Waals surface area contributed by atoms with Crippen molar-refractivity contribution in [1.82, 2.24) is 15.5 Å². The van der Waals surface area contributed by atoms with Crippen LogP contribution in [0.5, 0.6) is 11.5 Å². The van der Waals surface area contributed by atoms with Crippen molar-refractivity contribution in [3.8, 4) is 11.5 Å². The Labute approximate surface area is 198 Å². The number of carbonyl (C=O) groups is 1. The van der Waals surface area contributed by atoms with E-state index in [1.807, 2.05) is 24.0 Å². The van der Waals surface area contributed by atoms with Crippen LogP contribution in [0.15, 0.2) is 17.1 Å². The Balaban J connectivity index is 0.00000450. The van der Waals surface area contributed by atoms with Gasteiger partial charge in [0.2, 0.25) is 5.91 Å². The number of fused-ring (bicyclic) bond motifs is 1. The van der Waals surface area contributed by atoms with E-state index in [-0.39, 0.29) is 35.4 Å². The van der Waals surface area contributed by atoms with Gasteiger partial charge in [-0.1, -0.05) is 0 Å². The number of amides is 1. The molecule has 1 aromatic carbocycles. The van der Waals surface area contributed by atoms with Gasteiger partial charge in [-0.25, -0.2) is 0 Å². The predicted molar refractivity (Wildman–Crippen MR) is 132 cm³/mol. The van der Waals surface area contributed by atoms with Crippen molar-refractivity contribution >= 4 is 35.8 Å². The highest BCUT2D eigenvalue weighted by Crippen LogP contribution is 2.33. The normalized spacial score (nSPS) is 13.8. The van der Waals surface area contributed by atoms with Gasteiger partial charge in [0, 0.05) is 38.1 Å².